The minimum atomic E-state index is 0.353. The maximum absolute atomic E-state index is 5.73. The second-order valence-electron chi connectivity index (χ2n) is 4.21. The zero-order chi connectivity index (χ0) is 11.5. The Kier molecular flexibility index (Phi) is 3.17. The highest BCUT2D eigenvalue weighted by Crippen LogP contribution is 2.12. The fourth-order valence-corrected chi connectivity index (χ4v) is 1.74. The fourth-order valence-electron chi connectivity index (χ4n) is 1.74. The predicted molar refractivity (Wildman–Crippen MR) is 64.1 cm³/mol. The number of hydrogen-bond acceptors (Lipinski definition) is 4. The molecule has 0 saturated heterocycles. The Morgan fingerprint density at radius 1 is 1.44 bits per heavy atom. The molecule has 0 aliphatic carbocycles. The molecule has 0 aliphatic rings. The van der Waals surface area contributed by atoms with Gasteiger partial charge in [0.25, 0.3) is 0 Å². The molecule has 16 heavy (non-hydrogen) atoms. The first-order valence-corrected chi connectivity index (χ1v) is 5.35. The molecular weight excluding hydrogens is 202 g/mol. The summed E-state index contributed by atoms with van der Waals surface area (Å²) >= 11 is 0. The van der Waals surface area contributed by atoms with Gasteiger partial charge in [0, 0.05) is 24.2 Å². The van der Waals surface area contributed by atoms with Crippen molar-refractivity contribution in [3.05, 3.63) is 24.0 Å². The number of hydrogen-bond donors (Lipinski definition) is 2. The molecule has 0 saturated carbocycles. The first-order valence-electron chi connectivity index (χ1n) is 5.35. The van der Waals surface area contributed by atoms with Crippen LogP contribution in [0.4, 0.5) is 0 Å². The number of aromatic nitrogens is 3. The number of rotatable bonds is 4. The maximum atomic E-state index is 5.73. The lowest BCUT2D eigenvalue weighted by molar-refractivity contribution is 0.298. The Labute approximate surface area is 94.7 Å². The first kappa shape index (κ1) is 11.0. The number of pyridine rings is 1. The van der Waals surface area contributed by atoms with E-state index in [1.165, 1.54) is 5.56 Å². The SMILES string of the molecule is CN(C)[C@H](CN)Cc1cnc2[nH]ncc2c1. The number of nitrogens with two attached hydrogens (primary N) is 1. The van der Waals surface area contributed by atoms with Crippen LogP contribution in [-0.2, 0) is 6.42 Å². The van der Waals surface area contributed by atoms with Gasteiger partial charge in [-0.3, -0.25) is 5.10 Å². The second kappa shape index (κ2) is 4.59. The quantitative estimate of drug-likeness (QED) is 0.780. The third kappa shape index (κ3) is 2.20. The van der Waals surface area contributed by atoms with Gasteiger partial charge in [-0.1, -0.05) is 0 Å². The van der Waals surface area contributed by atoms with Crippen molar-refractivity contribution in [3.63, 3.8) is 0 Å². The molecule has 2 aromatic heterocycles. The van der Waals surface area contributed by atoms with Crippen LogP contribution >= 0.6 is 0 Å². The van der Waals surface area contributed by atoms with E-state index in [0.29, 0.717) is 12.6 Å². The summed E-state index contributed by atoms with van der Waals surface area (Å²) in [7, 11) is 4.09. The van der Waals surface area contributed by atoms with Crippen LogP contribution in [0.1, 0.15) is 5.56 Å². The van der Waals surface area contributed by atoms with E-state index in [0.717, 1.165) is 17.5 Å². The highest BCUT2D eigenvalue weighted by molar-refractivity contribution is 5.73. The number of aromatic amines is 1. The minimum absolute atomic E-state index is 0.353. The lowest BCUT2D eigenvalue weighted by atomic mass is 10.1. The maximum Gasteiger partial charge on any atom is 0.155 e. The van der Waals surface area contributed by atoms with Crippen LogP contribution in [-0.4, -0.2) is 46.8 Å². The van der Waals surface area contributed by atoms with E-state index in [1.54, 1.807) is 6.20 Å². The molecule has 3 N–H and O–H groups in total. The van der Waals surface area contributed by atoms with Crippen LogP contribution in [0.15, 0.2) is 18.5 Å². The number of nitrogens with zero attached hydrogens (tertiary/aromatic N) is 3. The smallest absolute Gasteiger partial charge is 0.155 e. The Morgan fingerprint density at radius 3 is 2.94 bits per heavy atom. The summed E-state index contributed by atoms with van der Waals surface area (Å²) in [5, 5.41) is 7.84. The highest BCUT2D eigenvalue weighted by Gasteiger charge is 2.10. The topological polar surface area (TPSA) is 70.8 Å². The van der Waals surface area contributed by atoms with Crippen LogP contribution in [0, 0.1) is 0 Å². The summed E-state index contributed by atoms with van der Waals surface area (Å²) in [6.07, 6.45) is 4.59. The zero-order valence-electron chi connectivity index (χ0n) is 9.64. The fraction of sp³-hybridized carbons (Fsp3) is 0.455. The van der Waals surface area contributed by atoms with E-state index in [9.17, 15) is 0 Å². The monoisotopic (exact) mass is 219 g/mol. The number of nitrogens with one attached hydrogen (secondary N) is 1. The van der Waals surface area contributed by atoms with E-state index in [1.807, 2.05) is 20.3 Å². The Morgan fingerprint density at radius 2 is 2.25 bits per heavy atom. The largest absolute Gasteiger partial charge is 0.329 e. The molecule has 0 fully saturated rings. The van der Waals surface area contributed by atoms with E-state index in [4.69, 9.17) is 5.73 Å². The molecule has 5 nitrogen and oxygen atoms in total. The Bertz CT molecular complexity index is 462. The van der Waals surface area contributed by atoms with Gasteiger partial charge in [-0.15, -0.1) is 0 Å². The molecule has 86 valence electrons. The van der Waals surface area contributed by atoms with Crippen molar-refractivity contribution in [2.45, 2.75) is 12.5 Å². The van der Waals surface area contributed by atoms with Gasteiger partial charge >= 0.3 is 0 Å². The second-order valence-corrected chi connectivity index (χ2v) is 4.21. The van der Waals surface area contributed by atoms with Crippen molar-refractivity contribution in [3.8, 4) is 0 Å². The summed E-state index contributed by atoms with van der Waals surface area (Å²) in [5.41, 5.74) is 7.76. The summed E-state index contributed by atoms with van der Waals surface area (Å²) in [5.74, 6) is 0. The predicted octanol–water partition coefficient (Wildman–Crippen LogP) is 0.389. The van der Waals surface area contributed by atoms with Crippen LogP contribution in [0.3, 0.4) is 0 Å². The average Bonchev–Trinajstić information content (AvgIpc) is 2.72. The Balaban J connectivity index is 2.19. The molecule has 0 radical (unpaired) electrons. The lowest BCUT2D eigenvalue weighted by Crippen LogP contribution is -2.36. The molecule has 0 aliphatic heterocycles. The average molecular weight is 219 g/mol. The first-order chi connectivity index (χ1) is 7.70. The van der Waals surface area contributed by atoms with E-state index < -0.39 is 0 Å². The third-order valence-corrected chi connectivity index (χ3v) is 2.82. The number of fused-ring (bicyclic) bond motifs is 1. The van der Waals surface area contributed by atoms with Gasteiger partial charge in [0.2, 0.25) is 0 Å². The van der Waals surface area contributed by atoms with Gasteiger partial charge in [0.15, 0.2) is 5.65 Å². The highest BCUT2D eigenvalue weighted by atomic mass is 15.1. The van der Waals surface area contributed by atoms with Crippen molar-refractivity contribution >= 4 is 11.0 Å². The molecule has 0 aromatic carbocycles. The minimum Gasteiger partial charge on any atom is -0.329 e. The van der Waals surface area contributed by atoms with E-state index >= 15 is 0 Å². The van der Waals surface area contributed by atoms with Crippen molar-refractivity contribution < 1.29 is 0 Å². The van der Waals surface area contributed by atoms with Gasteiger partial charge in [0.1, 0.15) is 0 Å². The molecule has 2 heterocycles. The molecular formula is C11H17N5. The normalized spacial score (nSPS) is 13.5. The van der Waals surface area contributed by atoms with Crippen molar-refractivity contribution in [2.24, 2.45) is 5.73 Å². The van der Waals surface area contributed by atoms with Crippen LogP contribution in [0.25, 0.3) is 11.0 Å². The number of H-pyrrole nitrogens is 1. The molecule has 0 amide bonds. The molecule has 2 rings (SSSR count). The summed E-state index contributed by atoms with van der Waals surface area (Å²) < 4.78 is 0. The van der Waals surface area contributed by atoms with Gasteiger partial charge in [0.05, 0.1) is 6.20 Å². The molecule has 0 spiro atoms. The van der Waals surface area contributed by atoms with Gasteiger partial charge in [-0.25, -0.2) is 4.98 Å². The van der Waals surface area contributed by atoms with Crippen LogP contribution in [0.2, 0.25) is 0 Å². The van der Waals surface area contributed by atoms with Gasteiger partial charge < -0.3 is 10.6 Å². The van der Waals surface area contributed by atoms with E-state index in [2.05, 4.69) is 26.1 Å². The van der Waals surface area contributed by atoms with Gasteiger partial charge in [-0.05, 0) is 32.1 Å². The summed E-state index contributed by atoms with van der Waals surface area (Å²) in [6, 6.07) is 2.46. The van der Waals surface area contributed by atoms with Crippen LogP contribution in [0.5, 0.6) is 0 Å². The Hall–Kier alpha value is -1.46. The standard InChI is InChI=1S/C11H17N5/c1-16(2)10(5-12)4-8-3-9-7-14-15-11(9)13-6-8/h3,6-7,10H,4-5,12H2,1-2H3,(H,13,14,15)/t10-/m0/s1. The van der Waals surface area contributed by atoms with Crippen LogP contribution < -0.4 is 5.73 Å². The lowest BCUT2D eigenvalue weighted by Gasteiger charge is -2.22. The molecule has 2 aromatic rings. The molecule has 0 bridgehead atoms. The van der Waals surface area contributed by atoms with Crippen molar-refractivity contribution in [2.75, 3.05) is 20.6 Å². The van der Waals surface area contributed by atoms with Crippen molar-refractivity contribution in [1.29, 1.82) is 0 Å². The summed E-state index contributed by atoms with van der Waals surface area (Å²) in [6.45, 7) is 0.649. The third-order valence-electron chi connectivity index (χ3n) is 2.82. The summed E-state index contributed by atoms with van der Waals surface area (Å²) in [4.78, 5) is 6.45. The molecule has 1 atom stereocenters. The zero-order valence-corrected chi connectivity index (χ0v) is 9.64. The van der Waals surface area contributed by atoms with E-state index in [-0.39, 0.29) is 0 Å². The molecule has 5 heteroatoms. The van der Waals surface area contributed by atoms with Gasteiger partial charge in [-0.2, -0.15) is 5.10 Å². The van der Waals surface area contributed by atoms with Crippen molar-refractivity contribution in [1.82, 2.24) is 20.1 Å². The number of likely N-dealkylation sites (N-methyl/N-ethyl adjacent to an activating group) is 1. The molecule has 0 unspecified atom stereocenters.